The summed E-state index contributed by atoms with van der Waals surface area (Å²) in [7, 11) is 0. The summed E-state index contributed by atoms with van der Waals surface area (Å²) in [6.07, 6.45) is 1.32. The molecule has 1 rings (SSSR count). The first-order valence-corrected chi connectivity index (χ1v) is 3.90. The minimum Gasteiger partial charge on any atom is -0.586 e. The van der Waals surface area contributed by atoms with Crippen LogP contribution in [0.4, 0.5) is 19.0 Å². The van der Waals surface area contributed by atoms with Crippen molar-refractivity contribution in [2.45, 2.75) is 5.51 Å². The third kappa shape index (κ3) is 2.31. The summed E-state index contributed by atoms with van der Waals surface area (Å²) in [5, 5.41) is 5.61. The van der Waals surface area contributed by atoms with E-state index in [0.717, 1.165) is 0 Å². The lowest BCUT2D eigenvalue weighted by molar-refractivity contribution is -0.0428. The molecule has 4 nitrogen and oxygen atoms in total. The lowest BCUT2D eigenvalue weighted by Crippen LogP contribution is -2.30. The third-order valence-corrected chi connectivity index (χ3v) is 1.72. The molecule has 1 heterocycles. The quantitative estimate of drug-likeness (QED) is 0.698. The van der Waals surface area contributed by atoms with Crippen LogP contribution in [0, 0.1) is 0 Å². The number of rotatable bonds is 2. The third-order valence-electron chi connectivity index (χ3n) is 0.908. The van der Waals surface area contributed by atoms with E-state index in [1.807, 2.05) is 0 Å². The van der Waals surface area contributed by atoms with E-state index in [4.69, 9.17) is 0 Å². The number of aromatic amines is 1. The van der Waals surface area contributed by atoms with Gasteiger partial charge in [-0.2, -0.15) is 9.82 Å². The molecule has 0 aliphatic rings. The Kier molecular flexibility index (Phi) is 2.48. The summed E-state index contributed by atoms with van der Waals surface area (Å²) in [6.45, 7) is 0. The fraction of sp³-hybridized carbons (Fsp3) is 0.250. The molecule has 0 fully saturated rings. The van der Waals surface area contributed by atoms with Crippen LogP contribution < -0.4 is 4.72 Å². The Balaban J connectivity index is 2.53. The molecule has 0 amide bonds. The van der Waals surface area contributed by atoms with E-state index in [2.05, 4.69) is 10.2 Å². The van der Waals surface area contributed by atoms with Crippen LogP contribution >= 0.6 is 0 Å². The van der Waals surface area contributed by atoms with Crippen molar-refractivity contribution in [3.05, 3.63) is 12.3 Å². The van der Waals surface area contributed by atoms with Gasteiger partial charge in [-0.3, -0.25) is 5.10 Å². The van der Waals surface area contributed by atoms with Gasteiger partial charge in [0.15, 0.2) is 17.2 Å². The van der Waals surface area contributed by atoms with Crippen LogP contribution in [0.25, 0.3) is 0 Å². The van der Waals surface area contributed by atoms with Gasteiger partial charge in [0.2, 0.25) is 0 Å². The number of alkyl halides is 3. The van der Waals surface area contributed by atoms with Crippen molar-refractivity contribution < 1.29 is 17.7 Å². The maximum Gasteiger partial charge on any atom is 0.598 e. The van der Waals surface area contributed by atoms with Crippen LogP contribution in [0.3, 0.4) is 0 Å². The maximum absolute atomic E-state index is 11.6. The van der Waals surface area contributed by atoms with Crippen molar-refractivity contribution in [3.63, 3.8) is 0 Å². The molecule has 0 radical (unpaired) electrons. The lowest BCUT2D eigenvalue weighted by Gasteiger charge is -2.10. The molecule has 1 aromatic rings. The van der Waals surface area contributed by atoms with Crippen molar-refractivity contribution in [2.75, 3.05) is 4.72 Å². The molecule has 1 unspecified atom stereocenters. The number of nitrogens with zero attached hydrogens (tertiary/aromatic N) is 1. The number of nitrogens with one attached hydrogen (secondary N) is 2. The van der Waals surface area contributed by atoms with Crippen molar-refractivity contribution in [3.8, 4) is 0 Å². The Morgan fingerprint density at radius 3 is 2.67 bits per heavy atom. The zero-order chi connectivity index (χ0) is 9.19. The highest BCUT2D eigenvalue weighted by atomic mass is 32.2. The zero-order valence-electron chi connectivity index (χ0n) is 5.55. The first kappa shape index (κ1) is 9.20. The molecule has 12 heavy (non-hydrogen) atoms. The molecule has 8 heteroatoms. The monoisotopic (exact) mass is 199 g/mol. The predicted octanol–water partition coefficient (Wildman–Crippen LogP) is 1.01. The van der Waals surface area contributed by atoms with Crippen LogP contribution in [-0.4, -0.2) is 20.3 Å². The van der Waals surface area contributed by atoms with Gasteiger partial charge in [-0.1, -0.05) is 0 Å². The maximum atomic E-state index is 11.6. The number of H-pyrrole nitrogens is 1. The largest absolute Gasteiger partial charge is 0.598 e. The second-order valence-corrected chi connectivity index (χ2v) is 2.98. The van der Waals surface area contributed by atoms with E-state index in [0.29, 0.717) is 0 Å². The Morgan fingerprint density at radius 2 is 2.25 bits per heavy atom. The van der Waals surface area contributed by atoms with Gasteiger partial charge < -0.3 is 4.55 Å². The van der Waals surface area contributed by atoms with Gasteiger partial charge in [0.1, 0.15) is 0 Å². The summed E-state index contributed by atoms with van der Waals surface area (Å²) in [5.41, 5.74) is -4.76. The van der Waals surface area contributed by atoms with Gasteiger partial charge in [0, 0.05) is 12.3 Å². The van der Waals surface area contributed by atoms with E-state index in [9.17, 15) is 17.7 Å². The van der Waals surface area contributed by atoms with Crippen LogP contribution in [0.15, 0.2) is 12.3 Å². The Bertz CT molecular complexity index is 236. The standard InChI is InChI=1S/C4H4F3N3OS/c5-4(6,7)12(11)10-3-1-2-8-9-3/h1-2H,(H2,8,9,10). The molecular formula is C4H4F3N3OS. The average molecular weight is 199 g/mol. The van der Waals surface area contributed by atoms with Gasteiger partial charge in [-0.25, -0.2) is 0 Å². The molecular weight excluding hydrogens is 195 g/mol. The first-order valence-electron chi connectivity index (χ1n) is 2.75. The number of hydrogen-bond acceptors (Lipinski definition) is 3. The second kappa shape index (κ2) is 3.23. The van der Waals surface area contributed by atoms with Crippen molar-refractivity contribution >= 4 is 17.2 Å². The highest BCUT2D eigenvalue weighted by Gasteiger charge is 2.46. The molecule has 2 N–H and O–H groups in total. The molecule has 0 aliphatic carbocycles. The average Bonchev–Trinajstić information content (AvgIpc) is 2.37. The first-order chi connectivity index (χ1) is 5.50. The summed E-state index contributed by atoms with van der Waals surface area (Å²) in [4.78, 5) is 0. The van der Waals surface area contributed by atoms with E-state index < -0.39 is 16.9 Å². The van der Waals surface area contributed by atoms with Crippen molar-refractivity contribution in [1.82, 2.24) is 10.2 Å². The van der Waals surface area contributed by atoms with Crippen LogP contribution in [0.1, 0.15) is 0 Å². The van der Waals surface area contributed by atoms with Crippen LogP contribution in [0.2, 0.25) is 0 Å². The van der Waals surface area contributed by atoms with Crippen LogP contribution in [0.5, 0.6) is 0 Å². The molecule has 0 bridgehead atoms. The zero-order valence-corrected chi connectivity index (χ0v) is 6.37. The summed E-state index contributed by atoms with van der Waals surface area (Å²) >= 11 is -3.10. The lowest BCUT2D eigenvalue weighted by atomic mass is 10.7. The molecule has 0 saturated carbocycles. The van der Waals surface area contributed by atoms with Gasteiger partial charge in [-0.05, 0) is 0 Å². The highest BCUT2D eigenvalue weighted by Crippen LogP contribution is 2.24. The molecule has 0 aliphatic heterocycles. The molecule has 68 valence electrons. The van der Waals surface area contributed by atoms with Gasteiger partial charge in [0.05, 0.1) is 0 Å². The summed E-state index contributed by atoms with van der Waals surface area (Å²) in [5.74, 6) is -0.106. The molecule has 1 atom stereocenters. The van der Waals surface area contributed by atoms with Gasteiger partial charge >= 0.3 is 5.51 Å². The van der Waals surface area contributed by atoms with E-state index >= 15 is 0 Å². The van der Waals surface area contributed by atoms with Crippen LogP contribution in [-0.2, 0) is 11.4 Å². The normalized spacial score (nSPS) is 14.3. The van der Waals surface area contributed by atoms with E-state index in [-0.39, 0.29) is 5.82 Å². The predicted molar refractivity (Wildman–Crippen MR) is 36.4 cm³/mol. The van der Waals surface area contributed by atoms with Gasteiger partial charge in [0.25, 0.3) is 0 Å². The number of hydrogen-bond donors (Lipinski definition) is 2. The smallest absolute Gasteiger partial charge is 0.586 e. The second-order valence-electron chi connectivity index (χ2n) is 1.78. The minimum atomic E-state index is -4.76. The fourth-order valence-corrected chi connectivity index (χ4v) is 0.889. The molecule has 1 aromatic heterocycles. The topological polar surface area (TPSA) is 63.8 Å². The SMILES string of the molecule is [O-][S+](Nc1cc[nH]n1)C(F)(F)F. The number of aromatic nitrogens is 2. The van der Waals surface area contributed by atoms with Crippen molar-refractivity contribution in [2.24, 2.45) is 0 Å². The Hall–Kier alpha value is -0.890. The Morgan fingerprint density at radius 1 is 1.58 bits per heavy atom. The van der Waals surface area contributed by atoms with E-state index in [1.165, 1.54) is 12.3 Å². The minimum absolute atomic E-state index is 0.106. The number of anilines is 1. The van der Waals surface area contributed by atoms with E-state index in [1.54, 1.807) is 4.72 Å². The fourth-order valence-electron chi connectivity index (χ4n) is 0.470. The summed E-state index contributed by atoms with van der Waals surface area (Å²) in [6, 6.07) is 1.24. The molecule has 0 saturated heterocycles. The molecule has 0 spiro atoms. The number of halogens is 3. The van der Waals surface area contributed by atoms with Crippen molar-refractivity contribution in [1.29, 1.82) is 0 Å². The summed E-state index contributed by atoms with van der Waals surface area (Å²) < 4.78 is 46.9. The van der Waals surface area contributed by atoms with Gasteiger partial charge in [-0.15, -0.1) is 13.2 Å². The highest BCUT2D eigenvalue weighted by molar-refractivity contribution is 7.93. The molecule has 0 aromatic carbocycles. The Labute approximate surface area is 68.5 Å².